The van der Waals surface area contributed by atoms with E-state index in [1.165, 1.54) is 5.69 Å². The van der Waals surface area contributed by atoms with Gasteiger partial charge in [0.2, 0.25) is 5.91 Å². The molecule has 2 unspecified atom stereocenters. The third-order valence-electron chi connectivity index (χ3n) is 6.25. The number of aliphatic imine (C=N–C) groups is 1. The Balaban J connectivity index is 1.47. The molecule has 172 valence electrons. The van der Waals surface area contributed by atoms with Crippen LogP contribution in [-0.2, 0) is 4.79 Å². The average molecular weight is 429 g/mol. The number of nitrogens with zero attached hydrogens (tertiary/aromatic N) is 4. The third kappa shape index (κ3) is 6.60. The predicted molar refractivity (Wildman–Crippen MR) is 129 cm³/mol. The quantitative estimate of drug-likeness (QED) is 0.514. The summed E-state index contributed by atoms with van der Waals surface area (Å²) in [6.45, 7) is 15.7. The van der Waals surface area contributed by atoms with Crippen LogP contribution in [0.25, 0.3) is 0 Å². The third-order valence-corrected chi connectivity index (χ3v) is 6.25. The standard InChI is InChI=1S/C24H40N6O/c1-5-25-24(27-21-11-12-30(18-21)23(31)19(2)3)26-17-20(4)28-13-15-29(16-14-28)22-9-7-6-8-10-22/h6-10,19-21H,5,11-18H2,1-4H3,(H2,25,26,27). The molecular formula is C24H40N6O. The van der Waals surface area contributed by atoms with E-state index in [9.17, 15) is 4.79 Å². The summed E-state index contributed by atoms with van der Waals surface area (Å²) in [5.74, 6) is 1.17. The molecule has 7 nitrogen and oxygen atoms in total. The average Bonchev–Trinajstić information content (AvgIpc) is 3.26. The lowest BCUT2D eigenvalue weighted by Gasteiger charge is -2.38. The lowest BCUT2D eigenvalue weighted by Crippen LogP contribution is -2.51. The lowest BCUT2D eigenvalue weighted by atomic mass is 10.2. The summed E-state index contributed by atoms with van der Waals surface area (Å²) in [4.78, 5) is 24.1. The van der Waals surface area contributed by atoms with Crippen LogP contribution in [0.2, 0.25) is 0 Å². The fourth-order valence-electron chi connectivity index (χ4n) is 4.36. The van der Waals surface area contributed by atoms with Gasteiger partial charge in [-0.2, -0.15) is 0 Å². The first-order valence-corrected chi connectivity index (χ1v) is 11.9. The summed E-state index contributed by atoms with van der Waals surface area (Å²) < 4.78 is 0. The monoisotopic (exact) mass is 428 g/mol. The number of nitrogens with one attached hydrogen (secondary N) is 2. The molecule has 0 saturated carbocycles. The van der Waals surface area contributed by atoms with Crippen LogP contribution in [0.3, 0.4) is 0 Å². The first-order valence-electron chi connectivity index (χ1n) is 11.9. The Hall–Kier alpha value is -2.28. The Morgan fingerprint density at radius 1 is 1.10 bits per heavy atom. The molecular weight excluding hydrogens is 388 g/mol. The maximum Gasteiger partial charge on any atom is 0.225 e. The molecule has 1 amide bonds. The van der Waals surface area contributed by atoms with Crippen molar-refractivity contribution in [3.63, 3.8) is 0 Å². The Morgan fingerprint density at radius 2 is 1.81 bits per heavy atom. The Kier molecular flexibility index (Phi) is 8.58. The van der Waals surface area contributed by atoms with Crippen molar-refractivity contribution in [3.05, 3.63) is 30.3 Å². The number of carbonyl (C=O) groups is 1. The van der Waals surface area contributed by atoms with Gasteiger partial charge in [-0.05, 0) is 32.4 Å². The molecule has 2 atom stereocenters. The van der Waals surface area contributed by atoms with Gasteiger partial charge in [-0.1, -0.05) is 32.0 Å². The zero-order valence-corrected chi connectivity index (χ0v) is 19.7. The molecule has 0 bridgehead atoms. The van der Waals surface area contributed by atoms with E-state index in [4.69, 9.17) is 4.99 Å². The molecule has 0 aliphatic carbocycles. The molecule has 2 aliphatic heterocycles. The Morgan fingerprint density at radius 3 is 2.45 bits per heavy atom. The van der Waals surface area contributed by atoms with Gasteiger partial charge in [0.25, 0.3) is 0 Å². The molecule has 2 aliphatic rings. The second-order valence-corrected chi connectivity index (χ2v) is 9.00. The summed E-state index contributed by atoms with van der Waals surface area (Å²) in [6, 6.07) is 11.3. The number of rotatable bonds is 7. The molecule has 2 saturated heterocycles. The number of likely N-dealkylation sites (tertiary alicyclic amines) is 1. The molecule has 2 heterocycles. The van der Waals surface area contributed by atoms with Crippen molar-refractivity contribution in [2.45, 2.75) is 46.2 Å². The SMILES string of the molecule is CCNC(=NCC(C)N1CCN(c2ccccc2)CC1)NC1CCN(C(=O)C(C)C)C1. The van der Waals surface area contributed by atoms with Crippen LogP contribution in [0.1, 0.15) is 34.1 Å². The number of hydrogen-bond acceptors (Lipinski definition) is 4. The highest BCUT2D eigenvalue weighted by Crippen LogP contribution is 2.17. The van der Waals surface area contributed by atoms with Crippen molar-refractivity contribution in [1.29, 1.82) is 0 Å². The number of hydrogen-bond donors (Lipinski definition) is 2. The second kappa shape index (κ2) is 11.4. The molecule has 1 aromatic rings. The number of para-hydroxylation sites is 1. The molecule has 0 spiro atoms. The van der Waals surface area contributed by atoms with Crippen LogP contribution in [0.5, 0.6) is 0 Å². The van der Waals surface area contributed by atoms with E-state index in [1.54, 1.807) is 0 Å². The minimum atomic E-state index is 0.0591. The molecule has 0 radical (unpaired) electrons. The van der Waals surface area contributed by atoms with E-state index in [1.807, 2.05) is 18.7 Å². The van der Waals surface area contributed by atoms with Crippen LogP contribution in [-0.4, -0.2) is 86.1 Å². The topological polar surface area (TPSA) is 63.2 Å². The molecule has 7 heteroatoms. The number of carbonyl (C=O) groups excluding carboxylic acids is 1. The van der Waals surface area contributed by atoms with Gasteiger partial charge in [0.1, 0.15) is 0 Å². The minimum Gasteiger partial charge on any atom is -0.369 e. The summed E-state index contributed by atoms with van der Waals surface area (Å²) in [5.41, 5.74) is 1.31. The van der Waals surface area contributed by atoms with Crippen molar-refractivity contribution in [1.82, 2.24) is 20.4 Å². The molecule has 1 aromatic carbocycles. The van der Waals surface area contributed by atoms with E-state index in [0.717, 1.165) is 64.7 Å². The van der Waals surface area contributed by atoms with Crippen LogP contribution < -0.4 is 15.5 Å². The van der Waals surface area contributed by atoms with Gasteiger partial charge in [0.05, 0.1) is 6.54 Å². The molecule has 2 fully saturated rings. The van der Waals surface area contributed by atoms with E-state index in [2.05, 4.69) is 64.6 Å². The fraction of sp³-hybridized carbons (Fsp3) is 0.667. The highest BCUT2D eigenvalue weighted by atomic mass is 16.2. The van der Waals surface area contributed by atoms with Gasteiger partial charge in [0.15, 0.2) is 5.96 Å². The normalized spacial score (nSPS) is 21.5. The molecule has 0 aromatic heterocycles. The van der Waals surface area contributed by atoms with Crippen LogP contribution in [0, 0.1) is 5.92 Å². The summed E-state index contributed by atoms with van der Waals surface area (Å²) in [7, 11) is 0. The van der Waals surface area contributed by atoms with Crippen LogP contribution in [0.4, 0.5) is 5.69 Å². The molecule has 2 N–H and O–H groups in total. The largest absolute Gasteiger partial charge is 0.369 e. The van der Waals surface area contributed by atoms with Crippen molar-refractivity contribution < 1.29 is 4.79 Å². The summed E-state index contributed by atoms with van der Waals surface area (Å²) in [5, 5.41) is 6.92. The Labute approximate surface area is 187 Å². The highest BCUT2D eigenvalue weighted by molar-refractivity contribution is 5.81. The minimum absolute atomic E-state index is 0.0591. The van der Waals surface area contributed by atoms with Gasteiger partial charge >= 0.3 is 0 Å². The van der Waals surface area contributed by atoms with Gasteiger partial charge in [0, 0.05) is 69.5 Å². The van der Waals surface area contributed by atoms with Crippen LogP contribution in [0.15, 0.2) is 35.3 Å². The van der Waals surface area contributed by atoms with Gasteiger partial charge in [-0.25, -0.2) is 0 Å². The summed E-state index contributed by atoms with van der Waals surface area (Å²) in [6.07, 6.45) is 0.972. The maximum absolute atomic E-state index is 12.2. The maximum atomic E-state index is 12.2. The number of amides is 1. The second-order valence-electron chi connectivity index (χ2n) is 9.00. The first-order chi connectivity index (χ1) is 15.0. The Bertz CT molecular complexity index is 714. The van der Waals surface area contributed by atoms with Crippen LogP contribution >= 0.6 is 0 Å². The number of anilines is 1. The number of guanidine groups is 1. The molecule has 31 heavy (non-hydrogen) atoms. The van der Waals surface area contributed by atoms with Crippen molar-refractivity contribution >= 4 is 17.6 Å². The van der Waals surface area contributed by atoms with Gasteiger partial charge in [-0.3, -0.25) is 14.7 Å². The lowest BCUT2D eigenvalue weighted by molar-refractivity contribution is -0.133. The molecule has 3 rings (SSSR count). The van der Waals surface area contributed by atoms with Gasteiger partial charge in [-0.15, -0.1) is 0 Å². The first kappa shape index (κ1) is 23.4. The zero-order chi connectivity index (χ0) is 22.2. The highest BCUT2D eigenvalue weighted by Gasteiger charge is 2.28. The van der Waals surface area contributed by atoms with Crippen molar-refractivity contribution in [2.75, 3.05) is 57.3 Å². The zero-order valence-electron chi connectivity index (χ0n) is 19.7. The smallest absolute Gasteiger partial charge is 0.225 e. The van der Waals surface area contributed by atoms with Crippen molar-refractivity contribution in [3.8, 4) is 0 Å². The summed E-state index contributed by atoms with van der Waals surface area (Å²) >= 11 is 0. The predicted octanol–water partition coefficient (Wildman–Crippen LogP) is 2.01. The number of benzene rings is 1. The van der Waals surface area contributed by atoms with E-state index in [0.29, 0.717) is 6.04 Å². The number of piperazine rings is 1. The van der Waals surface area contributed by atoms with E-state index < -0.39 is 0 Å². The van der Waals surface area contributed by atoms with E-state index in [-0.39, 0.29) is 17.9 Å². The fourth-order valence-corrected chi connectivity index (χ4v) is 4.36. The van der Waals surface area contributed by atoms with Gasteiger partial charge < -0.3 is 20.4 Å². The van der Waals surface area contributed by atoms with E-state index >= 15 is 0 Å². The van der Waals surface area contributed by atoms with Crippen molar-refractivity contribution in [2.24, 2.45) is 10.9 Å².